The number of halogens is 1. The quantitative estimate of drug-likeness (QED) is 0.729. The number of nitrogens with zero attached hydrogens (tertiary/aromatic N) is 1. The van der Waals surface area contributed by atoms with Gasteiger partial charge in [-0.1, -0.05) is 6.42 Å². The normalized spacial score (nSPS) is 17.2. The van der Waals surface area contributed by atoms with Crippen molar-refractivity contribution in [2.24, 2.45) is 0 Å². The van der Waals surface area contributed by atoms with Crippen molar-refractivity contribution in [3.63, 3.8) is 0 Å². The van der Waals surface area contributed by atoms with Crippen molar-refractivity contribution in [1.29, 1.82) is 0 Å². The van der Waals surface area contributed by atoms with E-state index in [9.17, 15) is 4.79 Å². The maximum atomic E-state index is 11.0. The van der Waals surface area contributed by atoms with Gasteiger partial charge in [0.25, 0.3) is 0 Å². The summed E-state index contributed by atoms with van der Waals surface area (Å²) in [6.45, 7) is 5.52. The number of likely N-dealkylation sites (tertiary alicyclic amines) is 1. The van der Waals surface area contributed by atoms with Crippen molar-refractivity contribution in [2.75, 3.05) is 26.2 Å². The second kappa shape index (κ2) is 8.24. The predicted molar refractivity (Wildman–Crippen MR) is 61.9 cm³/mol. The van der Waals surface area contributed by atoms with E-state index in [1.54, 1.807) is 0 Å². The molecule has 3 nitrogen and oxygen atoms in total. The number of hydrogen-bond acceptors (Lipinski definition) is 3. The fourth-order valence-corrected chi connectivity index (χ4v) is 1.67. The van der Waals surface area contributed by atoms with E-state index in [-0.39, 0.29) is 23.0 Å². The van der Waals surface area contributed by atoms with E-state index in [0.717, 1.165) is 19.6 Å². The number of carbonyl (C=O) groups excluding carboxylic acids is 1. The van der Waals surface area contributed by atoms with Gasteiger partial charge in [-0.15, -0.1) is 17.0 Å². The minimum absolute atomic E-state index is 0. The predicted octanol–water partition coefficient (Wildman–Crippen LogP) is 2.00. The highest BCUT2D eigenvalue weighted by atomic mass is 79.9. The van der Waals surface area contributed by atoms with Crippen LogP contribution in [0.4, 0.5) is 0 Å². The lowest BCUT2D eigenvalue weighted by atomic mass is 10.1. The molecule has 84 valence electrons. The number of piperidine rings is 1. The Morgan fingerprint density at radius 3 is 2.50 bits per heavy atom. The molecule has 1 fully saturated rings. The van der Waals surface area contributed by atoms with E-state index in [4.69, 9.17) is 4.74 Å². The summed E-state index contributed by atoms with van der Waals surface area (Å²) in [6.07, 6.45) is 4.45. The van der Waals surface area contributed by atoms with Crippen molar-refractivity contribution < 1.29 is 9.53 Å². The Balaban J connectivity index is 0.00000169. The molecule has 1 aliphatic rings. The first-order valence-corrected chi connectivity index (χ1v) is 5.21. The first kappa shape index (κ1) is 13.9. The van der Waals surface area contributed by atoms with Gasteiger partial charge in [-0.2, -0.15) is 0 Å². The van der Waals surface area contributed by atoms with Crippen LogP contribution in [0.2, 0.25) is 0 Å². The SMILES string of the molecule is Br.CCOC(=O)CCN1CCCCC1. The molecule has 0 bridgehead atoms. The molecule has 1 heterocycles. The van der Waals surface area contributed by atoms with Gasteiger partial charge in [-0.3, -0.25) is 4.79 Å². The van der Waals surface area contributed by atoms with Gasteiger partial charge in [0.05, 0.1) is 13.0 Å². The Hall–Kier alpha value is -0.0900. The van der Waals surface area contributed by atoms with Crippen molar-refractivity contribution in [3.8, 4) is 0 Å². The summed E-state index contributed by atoms with van der Waals surface area (Å²) in [6, 6.07) is 0. The number of ether oxygens (including phenoxy) is 1. The lowest BCUT2D eigenvalue weighted by molar-refractivity contribution is -0.143. The molecule has 0 aromatic rings. The summed E-state index contributed by atoms with van der Waals surface area (Å²) >= 11 is 0. The molecule has 14 heavy (non-hydrogen) atoms. The summed E-state index contributed by atoms with van der Waals surface area (Å²) in [5.74, 6) is -0.0620. The zero-order valence-corrected chi connectivity index (χ0v) is 10.5. The highest BCUT2D eigenvalue weighted by Crippen LogP contribution is 2.08. The smallest absolute Gasteiger partial charge is 0.307 e. The van der Waals surface area contributed by atoms with Crippen molar-refractivity contribution in [2.45, 2.75) is 32.6 Å². The van der Waals surface area contributed by atoms with Crippen LogP contribution in [0.5, 0.6) is 0 Å². The van der Waals surface area contributed by atoms with Crippen LogP contribution >= 0.6 is 17.0 Å². The first-order chi connectivity index (χ1) is 6.33. The molecule has 0 aliphatic carbocycles. The number of esters is 1. The molecule has 1 saturated heterocycles. The molecule has 0 N–H and O–H groups in total. The van der Waals surface area contributed by atoms with Crippen LogP contribution in [0.3, 0.4) is 0 Å². The maximum Gasteiger partial charge on any atom is 0.307 e. The van der Waals surface area contributed by atoms with Gasteiger partial charge in [0, 0.05) is 6.54 Å². The van der Waals surface area contributed by atoms with Gasteiger partial charge in [0.15, 0.2) is 0 Å². The van der Waals surface area contributed by atoms with E-state index in [1.165, 1.54) is 19.3 Å². The Kier molecular flexibility index (Phi) is 8.18. The zero-order chi connectivity index (χ0) is 9.52. The molecule has 1 aliphatic heterocycles. The highest BCUT2D eigenvalue weighted by Gasteiger charge is 2.11. The summed E-state index contributed by atoms with van der Waals surface area (Å²) in [4.78, 5) is 13.4. The van der Waals surface area contributed by atoms with E-state index >= 15 is 0 Å². The second-order valence-corrected chi connectivity index (χ2v) is 3.46. The minimum atomic E-state index is -0.0620. The molecular weight excluding hydrogens is 246 g/mol. The molecule has 0 atom stereocenters. The average Bonchev–Trinajstić information content (AvgIpc) is 2.17. The Bertz CT molecular complexity index is 158. The fourth-order valence-electron chi connectivity index (χ4n) is 1.67. The largest absolute Gasteiger partial charge is 0.466 e. The third-order valence-corrected chi connectivity index (χ3v) is 2.39. The van der Waals surface area contributed by atoms with E-state index < -0.39 is 0 Å². The number of hydrogen-bond donors (Lipinski definition) is 0. The van der Waals surface area contributed by atoms with Crippen molar-refractivity contribution in [3.05, 3.63) is 0 Å². The van der Waals surface area contributed by atoms with Crippen molar-refractivity contribution in [1.82, 2.24) is 4.90 Å². The molecule has 0 saturated carbocycles. The average molecular weight is 266 g/mol. The molecule has 0 unspecified atom stereocenters. The first-order valence-electron chi connectivity index (χ1n) is 5.21. The topological polar surface area (TPSA) is 29.5 Å². The van der Waals surface area contributed by atoms with Crippen LogP contribution < -0.4 is 0 Å². The molecule has 1 rings (SSSR count). The molecule has 0 radical (unpaired) electrons. The zero-order valence-electron chi connectivity index (χ0n) is 8.83. The van der Waals surface area contributed by atoms with Crippen LogP contribution in [0.25, 0.3) is 0 Å². The summed E-state index contributed by atoms with van der Waals surface area (Å²) in [5, 5.41) is 0. The summed E-state index contributed by atoms with van der Waals surface area (Å²) < 4.78 is 4.87. The van der Waals surface area contributed by atoms with Gasteiger partial charge in [0.2, 0.25) is 0 Å². The minimum Gasteiger partial charge on any atom is -0.466 e. The third-order valence-electron chi connectivity index (χ3n) is 2.39. The van der Waals surface area contributed by atoms with Crippen LogP contribution in [-0.2, 0) is 9.53 Å². The molecule has 0 amide bonds. The maximum absolute atomic E-state index is 11.0. The van der Waals surface area contributed by atoms with Gasteiger partial charge in [-0.05, 0) is 32.9 Å². The van der Waals surface area contributed by atoms with Gasteiger partial charge < -0.3 is 9.64 Å². The van der Waals surface area contributed by atoms with Crippen LogP contribution in [0.15, 0.2) is 0 Å². The van der Waals surface area contributed by atoms with Gasteiger partial charge >= 0.3 is 5.97 Å². The number of rotatable bonds is 4. The molecule has 0 aromatic carbocycles. The van der Waals surface area contributed by atoms with Crippen LogP contribution in [-0.4, -0.2) is 37.1 Å². The molecule has 4 heteroatoms. The molecule has 0 aromatic heterocycles. The standard InChI is InChI=1S/C10H19NO2.BrH/c1-2-13-10(12)6-9-11-7-4-3-5-8-11;/h2-9H2,1H3;1H. The van der Waals surface area contributed by atoms with Crippen molar-refractivity contribution >= 4 is 23.0 Å². The second-order valence-electron chi connectivity index (χ2n) is 3.46. The highest BCUT2D eigenvalue weighted by molar-refractivity contribution is 8.93. The lowest BCUT2D eigenvalue weighted by Crippen LogP contribution is -2.31. The van der Waals surface area contributed by atoms with Gasteiger partial charge in [-0.25, -0.2) is 0 Å². The third kappa shape index (κ3) is 5.60. The summed E-state index contributed by atoms with van der Waals surface area (Å²) in [7, 11) is 0. The molecule has 0 spiro atoms. The van der Waals surface area contributed by atoms with Gasteiger partial charge in [0.1, 0.15) is 0 Å². The Labute approximate surface area is 96.6 Å². The number of carbonyl (C=O) groups is 1. The van der Waals surface area contributed by atoms with E-state index in [2.05, 4.69) is 4.90 Å². The molecular formula is C10H20BrNO2. The Morgan fingerprint density at radius 1 is 1.29 bits per heavy atom. The monoisotopic (exact) mass is 265 g/mol. The Morgan fingerprint density at radius 2 is 1.93 bits per heavy atom. The van der Waals surface area contributed by atoms with Crippen LogP contribution in [0.1, 0.15) is 32.6 Å². The lowest BCUT2D eigenvalue weighted by Gasteiger charge is -2.25. The summed E-state index contributed by atoms with van der Waals surface area (Å²) in [5.41, 5.74) is 0. The van der Waals surface area contributed by atoms with E-state index in [0.29, 0.717) is 13.0 Å². The fraction of sp³-hybridized carbons (Fsp3) is 0.900. The van der Waals surface area contributed by atoms with Crippen LogP contribution in [0, 0.1) is 0 Å². The van der Waals surface area contributed by atoms with E-state index in [1.807, 2.05) is 6.92 Å².